The fourth-order valence-electron chi connectivity index (χ4n) is 2.18. The number of hydrogen-bond donors (Lipinski definition) is 3. The van der Waals surface area contributed by atoms with Gasteiger partial charge in [-0.25, -0.2) is 4.68 Å². The molecule has 1 aliphatic heterocycles. The van der Waals surface area contributed by atoms with E-state index in [2.05, 4.69) is 21.8 Å². The standard InChI is InChI=1S/C14H16N6/c1-9-3-2-4-11(5-9)20-13(16)12(6-15)14(19-20)18-10-7-17-8-10/h2-5,10,17H,7-8,16H2,1H3,(H,18,19). The second-order valence-electron chi connectivity index (χ2n) is 4.97. The molecule has 1 saturated heterocycles. The maximum absolute atomic E-state index is 9.28. The van der Waals surface area contributed by atoms with Crippen LogP contribution in [-0.2, 0) is 0 Å². The number of nitrogens with one attached hydrogen (secondary N) is 2. The molecular formula is C14H16N6. The summed E-state index contributed by atoms with van der Waals surface area (Å²) >= 11 is 0. The summed E-state index contributed by atoms with van der Waals surface area (Å²) in [6.07, 6.45) is 0. The Balaban J connectivity index is 2.01. The van der Waals surface area contributed by atoms with Crippen molar-refractivity contribution in [1.29, 1.82) is 5.26 Å². The van der Waals surface area contributed by atoms with Gasteiger partial charge in [0.25, 0.3) is 0 Å². The molecule has 2 heterocycles. The van der Waals surface area contributed by atoms with Gasteiger partial charge in [0, 0.05) is 13.1 Å². The van der Waals surface area contributed by atoms with E-state index in [1.54, 1.807) is 4.68 Å². The highest BCUT2D eigenvalue weighted by molar-refractivity contribution is 5.66. The number of nitrogens with two attached hydrogens (primary N) is 1. The van der Waals surface area contributed by atoms with Gasteiger partial charge in [0.1, 0.15) is 17.5 Å². The highest BCUT2D eigenvalue weighted by Gasteiger charge is 2.22. The Morgan fingerprint density at radius 2 is 2.30 bits per heavy atom. The number of aryl methyl sites for hydroxylation is 1. The van der Waals surface area contributed by atoms with E-state index in [-0.39, 0.29) is 0 Å². The molecule has 2 aromatic rings. The lowest BCUT2D eigenvalue weighted by molar-refractivity contribution is 0.470. The Labute approximate surface area is 117 Å². The minimum atomic E-state index is 0.308. The number of anilines is 2. The number of nitriles is 1. The summed E-state index contributed by atoms with van der Waals surface area (Å²) < 4.78 is 1.61. The number of rotatable bonds is 3. The van der Waals surface area contributed by atoms with Crippen molar-refractivity contribution in [2.24, 2.45) is 0 Å². The van der Waals surface area contributed by atoms with Crippen LogP contribution < -0.4 is 16.4 Å². The summed E-state index contributed by atoms with van der Waals surface area (Å²) in [5.41, 5.74) is 8.43. The maximum Gasteiger partial charge on any atom is 0.169 e. The van der Waals surface area contributed by atoms with Gasteiger partial charge >= 0.3 is 0 Å². The number of nitrogens with zero attached hydrogens (tertiary/aromatic N) is 3. The molecule has 0 saturated carbocycles. The minimum absolute atomic E-state index is 0.308. The van der Waals surface area contributed by atoms with E-state index in [0.29, 0.717) is 23.2 Å². The molecule has 4 N–H and O–H groups in total. The highest BCUT2D eigenvalue weighted by atomic mass is 15.4. The fraction of sp³-hybridized carbons (Fsp3) is 0.286. The summed E-state index contributed by atoms with van der Waals surface area (Å²) in [4.78, 5) is 0. The van der Waals surface area contributed by atoms with Crippen molar-refractivity contribution in [1.82, 2.24) is 15.1 Å². The van der Waals surface area contributed by atoms with Gasteiger partial charge in [-0.1, -0.05) is 12.1 Å². The third kappa shape index (κ3) is 2.08. The molecule has 3 rings (SSSR count). The first kappa shape index (κ1) is 12.5. The van der Waals surface area contributed by atoms with Gasteiger partial charge in [-0.3, -0.25) is 0 Å². The highest BCUT2D eigenvalue weighted by Crippen LogP contribution is 2.25. The summed E-state index contributed by atoms with van der Waals surface area (Å²) in [5.74, 6) is 0.922. The molecule has 6 nitrogen and oxygen atoms in total. The monoisotopic (exact) mass is 268 g/mol. The first-order valence-electron chi connectivity index (χ1n) is 6.52. The number of hydrogen-bond acceptors (Lipinski definition) is 5. The third-order valence-electron chi connectivity index (χ3n) is 3.40. The molecule has 6 heteroatoms. The molecule has 0 amide bonds. The van der Waals surface area contributed by atoms with Crippen molar-refractivity contribution in [2.45, 2.75) is 13.0 Å². The predicted octanol–water partition coefficient (Wildman–Crippen LogP) is 1.02. The molecule has 1 fully saturated rings. The van der Waals surface area contributed by atoms with Gasteiger partial charge in [0.15, 0.2) is 5.82 Å². The molecule has 1 aliphatic rings. The summed E-state index contributed by atoms with van der Waals surface area (Å²) in [7, 11) is 0. The molecule has 0 spiro atoms. The van der Waals surface area contributed by atoms with Crippen molar-refractivity contribution in [3.05, 3.63) is 35.4 Å². The average molecular weight is 268 g/mol. The third-order valence-corrected chi connectivity index (χ3v) is 3.40. The van der Waals surface area contributed by atoms with Crippen LogP contribution in [0.15, 0.2) is 24.3 Å². The van der Waals surface area contributed by atoms with Crippen molar-refractivity contribution < 1.29 is 0 Å². The van der Waals surface area contributed by atoms with E-state index >= 15 is 0 Å². The molecule has 0 bridgehead atoms. The lowest BCUT2D eigenvalue weighted by atomic mass is 10.2. The van der Waals surface area contributed by atoms with Crippen LogP contribution in [0.1, 0.15) is 11.1 Å². The van der Waals surface area contributed by atoms with Gasteiger partial charge in [0.2, 0.25) is 0 Å². The molecular weight excluding hydrogens is 252 g/mol. The molecule has 1 aromatic carbocycles. The van der Waals surface area contributed by atoms with Crippen LogP contribution in [0.3, 0.4) is 0 Å². The van der Waals surface area contributed by atoms with Crippen LogP contribution in [0.4, 0.5) is 11.6 Å². The van der Waals surface area contributed by atoms with E-state index in [9.17, 15) is 5.26 Å². The van der Waals surface area contributed by atoms with Crippen LogP contribution in [0.5, 0.6) is 0 Å². The number of aromatic nitrogens is 2. The number of nitrogen functional groups attached to an aromatic ring is 1. The lowest BCUT2D eigenvalue weighted by Gasteiger charge is -2.27. The van der Waals surface area contributed by atoms with Crippen molar-refractivity contribution in [3.63, 3.8) is 0 Å². The Morgan fingerprint density at radius 3 is 2.90 bits per heavy atom. The largest absolute Gasteiger partial charge is 0.382 e. The van der Waals surface area contributed by atoms with Crippen LogP contribution in [0, 0.1) is 18.3 Å². The lowest BCUT2D eigenvalue weighted by Crippen LogP contribution is -2.51. The summed E-state index contributed by atoms with van der Waals surface area (Å²) in [6.45, 7) is 3.76. The molecule has 0 unspecified atom stereocenters. The number of benzene rings is 1. The first-order valence-corrected chi connectivity index (χ1v) is 6.52. The van der Waals surface area contributed by atoms with Crippen molar-refractivity contribution in [2.75, 3.05) is 24.1 Å². The van der Waals surface area contributed by atoms with E-state index < -0.39 is 0 Å². The normalized spacial score (nSPS) is 14.6. The van der Waals surface area contributed by atoms with Gasteiger partial charge in [-0.05, 0) is 24.6 Å². The molecule has 1 aromatic heterocycles. The van der Waals surface area contributed by atoms with Crippen molar-refractivity contribution >= 4 is 11.6 Å². The van der Waals surface area contributed by atoms with Crippen LogP contribution >= 0.6 is 0 Å². The SMILES string of the molecule is Cc1cccc(-n2nc(NC3CNC3)c(C#N)c2N)c1. The first-order chi connectivity index (χ1) is 9.69. The average Bonchev–Trinajstić information content (AvgIpc) is 2.70. The molecule has 102 valence electrons. The quantitative estimate of drug-likeness (QED) is 0.773. The van der Waals surface area contributed by atoms with Gasteiger partial charge in [-0.2, -0.15) is 5.26 Å². The summed E-state index contributed by atoms with van der Waals surface area (Å²) in [5, 5.41) is 20.1. The zero-order valence-corrected chi connectivity index (χ0v) is 11.2. The topological polar surface area (TPSA) is 91.7 Å². The Hall–Kier alpha value is -2.52. The summed E-state index contributed by atoms with van der Waals surface area (Å²) in [6, 6.07) is 10.3. The fourth-order valence-corrected chi connectivity index (χ4v) is 2.18. The second-order valence-corrected chi connectivity index (χ2v) is 4.97. The zero-order valence-electron chi connectivity index (χ0n) is 11.2. The van der Waals surface area contributed by atoms with E-state index in [1.807, 2.05) is 31.2 Å². The van der Waals surface area contributed by atoms with Crippen LogP contribution in [0.25, 0.3) is 5.69 Å². The molecule has 0 atom stereocenters. The van der Waals surface area contributed by atoms with Crippen molar-refractivity contribution in [3.8, 4) is 11.8 Å². The molecule has 0 radical (unpaired) electrons. The van der Waals surface area contributed by atoms with E-state index in [1.165, 1.54) is 0 Å². The van der Waals surface area contributed by atoms with Gasteiger partial charge in [-0.15, -0.1) is 5.10 Å². The maximum atomic E-state index is 9.28. The second kappa shape index (κ2) is 4.87. The van der Waals surface area contributed by atoms with E-state index in [4.69, 9.17) is 5.73 Å². The van der Waals surface area contributed by atoms with Gasteiger partial charge in [0.05, 0.1) is 11.7 Å². The molecule has 20 heavy (non-hydrogen) atoms. The Kier molecular flexibility index (Phi) is 3.05. The van der Waals surface area contributed by atoms with Crippen LogP contribution in [0.2, 0.25) is 0 Å². The minimum Gasteiger partial charge on any atom is -0.382 e. The van der Waals surface area contributed by atoms with E-state index in [0.717, 1.165) is 24.3 Å². The van der Waals surface area contributed by atoms with Crippen LogP contribution in [-0.4, -0.2) is 28.9 Å². The predicted molar refractivity (Wildman–Crippen MR) is 77.7 cm³/mol. The molecule has 0 aliphatic carbocycles. The smallest absolute Gasteiger partial charge is 0.169 e. The van der Waals surface area contributed by atoms with Gasteiger partial charge < -0.3 is 16.4 Å². The Bertz CT molecular complexity index is 677. The Morgan fingerprint density at radius 1 is 1.50 bits per heavy atom. The zero-order chi connectivity index (χ0) is 14.1.